The maximum Gasteiger partial charge on any atom is 0.300 e. The molecule has 21 heavy (non-hydrogen) atoms. The number of amides is 1. The SMILES string of the molecule is Cc1ccc(S(=O)(=O)NC(=O)c2ccco2)cc1N(C)C. The second-order valence-corrected chi connectivity index (χ2v) is 6.44. The fourth-order valence-electron chi connectivity index (χ4n) is 1.88. The van der Waals surface area contributed by atoms with Crippen LogP contribution in [0.15, 0.2) is 45.9 Å². The van der Waals surface area contributed by atoms with Crippen molar-refractivity contribution >= 4 is 21.6 Å². The number of rotatable bonds is 4. The molecule has 2 rings (SSSR count). The lowest BCUT2D eigenvalue weighted by Crippen LogP contribution is -2.30. The van der Waals surface area contributed by atoms with E-state index in [-0.39, 0.29) is 10.7 Å². The van der Waals surface area contributed by atoms with E-state index in [2.05, 4.69) is 0 Å². The van der Waals surface area contributed by atoms with E-state index in [0.29, 0.717) is 0 Å². The minimum Gasteiger partial charge on any atom is -0.459 e. The van der Waals surface area contributed by atoms with Crippen LogP contribution in [-0.4, -0.2) is 28.4 Å². The van der Waals surface area contributed by atoms with Gasteiger partial charge >= 0.3 is 5.91 Å². The fourth-order valence-corrected chi connectivity index (χ4v) is 2.85. The Morgan fingerprint density at radius 1 is 1.24 bits per heavy atom. The van der Waals surface area contributed by atoms with Crippen molar-refractivity contribution in [1.29, 1.82) is 0 Å². The maximum atomic E-state index is 12.2. The van der Waals surface area contributed by atoms with Gasteiger partial charge in [-0.3, -0.25) is 4.79 Å². The van der Waals surface area contributed by atoms with Crippen LogP contribution in [0.4, 0.5) is 5.69 Å². The Morgan fingerprint density at radius 2 is 1.95 bits per heavy atom. The fraction of sp³-hybridized carbons (Fsp3) is 0.214. The van der Waals surface area contributed by atoms with E-state index in [1.807, 2.05) is 30.6 Å². The molecule has 1 heterocycles. The van der Waals surface area contributed by atoms with Gasteiger partial charge in [0, 0.05) is 19.8 Å². The van der Waals surface area contributed by atoms with E-state index in [4.69, 9.17) is 4.42 Å². The first kappa shape index (κ1) is 15.1. The van der Waals surface area contributed by atoms with Gasteiger partial charge in [-0.2, -0.15) is 0 Å². The smallest absolute Gasteiger partial charge is 0.300 e. The molecule has 1 N–H and O–H groups in total. The Morgan fingerprint density at radius 3 is 2.52 bits per heavy atom. The highest BCUT2D eigenvalue weighted by molar-refractivity contribution is 7.90. The highest BCUT2D eigenvalue weighted by Crippen LogP contribution is 2.22. The van der Waals surface area contributed by atoms with Crippen LogP contribution in [-0.2, 0) is 10.0 Å². The van der Waals surface area contributed by atoms with Gasteiger partial charge in [0.05, 0.1) is 11.2 Å². The van der Waals surface area contributed by atoms with Crippen LogP contribution in [0.1, 0.15) is 16.1 Å². The second kappa shape index (κ2) is 5.61. The Hall–Kier alpha value is -2.28. The average Bonchev–Trinajstić information content (AvgIpc) is 2.92. The monoisotopic (exact) mass is 308 g/mol. The van der Waals surface area contributed by atoms with Crippen LogP contribution >= 0.6 is 0 Å². The van der Waals surface area contributed by atoms with Crippen molar-refractivity contribution in [3.05, 3.63) is 47.9 Å². The van der Waals surface area contributed by atoms with E-state index >= 15 is 0 Å². The lowest BCUT2D eigenvalue weighted by Gasteiger charge is -2.17. The molecule has 0 aliphatic carbocycles. The molecule has 0 aliphatic heterocycles. The molecule has 7 heteroatoms. The van der Waals surface area contributed by atoms with Gasteiger partial charge in [0.2, 0.25) is 0 Å². The molecule has 0 bridgehead atoms. The number of nitrogens with zero attached hydrogens (tertiary/aromatic N) is 1. The molecule has 0 aliphatic rings. The van der Waals surface area contributed by atoms with Crippen LogP contribution in [0.25, 0.3) is 0 Å². The van der Waals surface area contributed by atoms with E-state index < -0.39 is 15.9 Å². The van der Waals surface area contributed by atoms with Crippen LogP contribution in [0.2, 0.25) is 0 Å². The summed E-state index contributed by atoms with van der Waals surface area (Å²) < 4.78 is 31.3. The largest absolute Gasteiger partial charge is 0.459 e. The molecular formula is C14H16N2O4S. The normalized spacial score (nSPS) is 11.2. The van der Waals surface area contributed by atoms with Gasteiger partial charge < -0.3 is 9.32 Å². The first-order valence-corrected chi connectivity index (χ1v) is 7.68. The third-order valence-electron chi connectivity index (χ3n) is 2.94. The zero-order chi connectivity index (χ0) is 15.6. The number of furan rings is 1. The predicted octanol–water partition coefficient (Wildman–Crippen LogP) is 1.77. The van der Waals surface area contributed by atoms with Gasteiger partial charge in [0.25, 0.3) is 10.0 Å². The predicted molar refractivity (Wildman–Crippen MR) is 78.9 cm³/mol. The summed E-state index contributed by atoms with van der Waals surface area (Å²) in [5.74, 6) is -0.856. The molecule has 0 radical (unpaired) electrons. The van der Waals surface area contributed by atoms with E-state index in [9.17, 15) is 13.2 Å². The summed E-state index contributed by atoms with van der Waals surface area (Å²) in [5, 5.41) is 0. The zero-order valence-corrected chi connectivity index (χ0v) is 12.8. The van der Waals surface area contributed by atoms with Crippen molar-refractivity contribution in [3.63, 3.8) is 0 Å². The highest BCUT2D eigenvalue weighted by Gasteiger charge is 2.21. The van der Waals surface area contributed by atoms with Crippen LogP contribution < -0.4 is 9.62 Å². The summed E-state index contributed by atoms with van der Waals surface area (Å²) in [7, 11) is -0.305. The summed E-state index contributed by atoms with van der Waals surface area (Å²) in [5.41, 5.74) is 1.71. The number of carbonyl (C=O) groups is 1. The van der Waals surface area contributed by atoms with Crippen molar-refractivity contribution in [2.45, 2.75) is 11.8 Å². The summed E-state index contributed by atoms with van der Waals surface area (Å²) in [6.07, 6.45) is 1.30. The number of anilines is 1. The molecule has 1 aromatic carbocycles. The molecule has 6 nitrogen and oxygen atoms in total. The van der Waals surface area contributed by atoms with Crippen molar-refractivity contribution in [1.82, 2.24) is 4.72 Å². The van der Waals surface area contributed by atoms with Crippen molar-refractivity contribution in [2.24, 2.45) is 0 Å². The number of hydrogen-bond donors (Lipinski definition) is 1. The van der Waals surface area contributed by atoms with Gasteiger partial charge in [0.1, 0.15) is 0 Å². The molecule has 0 unspecified atom stereocenters. The van der Waals surface area contributed by atoms with E-state index in [1.54, 1.807) is 6.07 Å². The number of carbonyl (C=O) groups excluding carboxylic acids is 1. The molecule has 2 aromatic rings. The highest BCUT2D eigenvalue weighted by atomic mass is 32.2. The zero-order valence-electron chi connectivity index (χ0n) is 12.0. The van der Waals surface area contributed by atoms with Crippen molar-refractivity contribution < 1.29 is 17.6 Å². The van der Waals surface area contributed by atoms with Gasteiger partial charge in [-0.1, -0.05) is 6.07 Å². The molecule has 0 fully saturated rings. The summed E-state index contributed by atoms with van der Waals surface area (Å²) in [6, 6.07) is 7.58. The van der Waals surface area contributed by atoms with Gasteiger partial charge in [-0.15, -0.1) is 0 Å². The molecule has 1 aromatic heterocycles. The Labute approximate surface area is 123 Å². The lowest BCUT2D eigenvalue weighted by atomic mass is 10.2. The number of sulfonamides is 1. The topological polar surface area (TPSA) is 79.6 Å². The Bertz CT molecular complexity index is 749. The number of hydrogen-bond acceptors (Lipinski definition) is 5. The second-order valence-electron chi connectivity index (χ2n) is 4.75. The van der Waals surface area contributed by atoms with Gasteiger partial charge in [0.15, 0.2) is 5.76 Å². The number of benzene rings is 1. The minimum atomic E-state index is -3.94. The Balaban J connectivity index is 2.32. The average molecular weight is 308 g/mol. The molecule has 0 atom stereocenters. The van der Waals surface area contributed by atoms with Gasteiger partial charge in [-0.05, 0) is 36.8 Å². The first-order chi connectivity index (χ1) is 9.81. The third-order valence-corrected chi connectivity index (χ3v) is 4.27. The molecule has 1 amide bonds. The maximum absolute atomic E-state index is 12.2. The molecule has 0 saturated heterocycles. The number of nitrogens with one attached hydrogen (secondary N) is 1. The van der Waals surface area contributed by atoms with Crippen molar-refractivity contribution in [3.8, 4) is 0 Å². The summed E-state index contributed by atoms with van der Waals surface area (Å²) in [6.45, 7) is 1.88. The first-order valence-electron chi connectivity index (χ1n) is 6.20. The number of aryl methyl sites for hydroxylation is 1. The quantitative estimate of drug-likeness (QED) is 0.931. The van der Waals surface area contributed by atoms with Crippen LogP contribution in [0.3, 0.4) is 0 Å². The van der Waals surface area contributed by atoms with E-state index in [0.717, 1.165) is 11.3 Å². The standard InChI is InChI=1S/C14H16N2O4S/c1-10-6-7-11(9-12(10)16(2)3)21(18,19)15-14(17)13-5-4-8-20-13/h4-9H,1-3H3,(H,15,17). The Kier molecular flexibility index (Phi) is 4.04. The van der Waals surface area contributed by atoms with E-state index in [1.165, 1.54) is 30.5 Å². The molecule has 112 valence electrons. The molecule has 0 spiro atoms. The molecule has 0 saturated carbocycles. The minimum absolute atomic E-state index is 0.0247. The van der Waals surface area contributed by atoms with Crippen LogP contribution in [0.5, 0.6) is 0 Å². The molecular weight excluding hydrogens is 292 g/mol. The summed E-state index contributed by atoms with van der Waals surface area (Å²) >= 11 is 0. The van der Waals surface area contributed by atoms with Crippen molar-refractivity contribution in [2.75, 3.05) is 19.0 Å². The van der Waals surface area contributed by atoms with Gasteiger partial charge in [-0.25, -0.2) is 13.1 Å². The third kappa shape index (κ3) is 3.25. The lowest BCUT2D eigenvalue weighted by molar-refractivity contribution is 0.0954. The van der Waals surface area contributed by atoms with Crippen LogP contribution in [0, 0.1) is 6.92 Å². The summed E-state index contributed by atoms with van der Waals surface area (Å²) in [4.78, 5) is 13.6.